The molecule has 0 fully saturated rings. The summed E-state index contributed by atoms with van der Waals surface area (Å²) >= 11 is 0. The van der Waals surface area contributed by atoms with E-state index in [-0.39, 0.29) is 0 Å². The normalized spacial score (nSPS) is 11.8. The Balaban J connectivity index is 1.59. The van der Waals surface area contributed by atoms with Crippen molar-refractivity contribution in [1.82, 2.24) is 4.34 Å². The average Bonchev–Trinajstić information content (AvgIpc) is 3.36. The van der Waals surface area contributed by atoms with Crippen molar-refractivity contribution in [2.75, 3.05) is 0 Å². The topological polar surface area (TPSA) is 22.0 Å². The van der Waals surface area contributed by atoms with Gasteiger partial charge in [0.15, 0.2) is 0 Å². The van der Waals surface area contributed by atoms with Gasteiger partial charge in [0, 0.05) is 21.4 Å². The number of rotatable bonds is 5. The second-order valence-corrected chi connectivity index (χ2v) is 13.3. The predicted octanol–water partition coefficient (Wildman–Crippen LogP) is 9.52. The second kappa shape index (κ2) is 10.1. The molecule has 0 spiro atoms. The summed E-state index contributed by atoms with van der Waals surface area (Å²) in [6, 6.07) is 50.4. The van der Waals surface area contributed by atoms with Gasteiger partial charge in [-0.25, -0.2) is 0 Å². The van der Waals surface area contributed by atoms with E-state index >= 15 is 4.57 Å². The highest BCUT2D eigenvalue weighted by atomic mass is 31.2. The molecule has 0 aliphatic carbocycles. The highest BCUT2D eigenvalue weighted by Crippen LogP contribution is 2.52. The lowest BCUT2D eigenvalue weighted by Crippen LogP contribution is -2.21. The highest BCUT2D eigenvalue weighted by molar-refractivity contribution is 7.77. The molecular formula is C38H30NOP. The van der Waals surface area contributed by atoms with Crippen molar-refractivity contribution < 1.29 is 4.57 Å². The summed E-state index contributed by atoms with van der Waals surface area (Å²) in [6.45, 7) is 4.13. The molecule has 0 saturated carbocycles. The molecule has 0 N–H and O–H groups in total. The summed E-state index contributed by atoms with van der Waals surface area (Å²) in [6.07, 6.45) is 0. The van der Waals surface area contributed by atoms with Gasteiger partial charge >= 0.3 is 0 Å². The maximum atomic E-state index is 15.8. The SMILES string of the molecule is Cc1ccc(P(=O)(c2ccc(C)cc2)n2c3ccc(-c4ccccc4)cc3c3cc(-c4ccccc4)ccc32)cc1. The Labute approximate surface area is 241 Å². The average molecular weight is 548 g/mol. The standard InChI is InChI=1S/C38H30NOP/c1-27-13-19-33(20-14-27)41(40,34-21-15-28(2)16-22-34)39-37-23-17-31(29-9-5-3-6-10-29)25-35(37)36-26-32(18-24-38(36)39)30-11-7-4-8-12-30/h3-26H,1-2H3. The van der Waals surface area contributed by atoms with Crippen LogP contribution in [-0.4, -0.2) is 4.34 Å². The van der Waals surface area contributed by atoms with Crippen molar-refractivity contribution in [2.45, 2.75) is 13.8 Å². The largest absolute Gasteiger partial charge is 0.290 e. The lowest BCUT2D eigenvalue weighted by atomic mass is 10.0. The molecule has 0 radical (unpaired) electrons. The summed E-state index contributed by atoms with van der Waals surface area (Å²) in [5.41, 5.74) is 8.83. The zero-order valence-electron chi connectivity index (χ0n) is 23.2. The number of benzene rings is 6. The highest BCUT2D eigenvalue weighted by Gasteiger charge is 2.33. The van der Waals surface area contributed by atoms with Crippen LogP contribution in [0.1, 0.15) is 11.1 Å². The first-order valence-corrected chi connectivity index (χ1v) is 15.6. The number of aryl methyl sites for hydroxylation is 2. The third-order valence-electron chi connectivity index (χ3n) is 8.00. The molecule has 0 aliphatic heterocycles. The van der Waals surface area contributed by atoms with Gasteiger partial charge in [-0.05, 0) is 84.6 Å². The Hall–Kier alpha value is -4.65. The third-order valence-corrected chi connectivity index (χ3v) is 11.0. The molecule has 6 aromatic carbocycles. The van der Waals surface area contributed by atoms with Gasteiger partial charge in [0.2, 0.25) is 7.29 Å². The Morgan fingerprint density at radius 1 is 0.439 bits per heavy atom. The summed E-state index contributed by atoms with van der Waals surface area (Å²) in [5.74, 6) is 0. The van der Waals surface area contributed by atoms with E-state index in [4.69, 9.17) is 0 Å². The number of fused-ring (bicyclic) bond motifs is 3. The van der Waals surface area contributed by atoms with E-state index in [1.54, 1.807) is 0 Å². The maximum Gasteiger partial charge on any atom is 0.234 e. The summed E-state index contributed by atoms with van der Waals surface area (Å²) in [7, 11) is -3.32. The molecule has 1 heterocycles. The molecule has 7 aromatic rings. The van der Waals surface area contributed by atoms with Gasteiger partial charge < -0.3 is 0 Å². The molecule has 0 bridgehead atoms. The van der Waals surface area contributed by atoms with Gasteiger partial charge in [0.1, 0.15) is 0 Å². The molecule has 1 aromatic heterocycles. The van der Waals surface area contributed by atoms with Gasteiger partial charge in [0.25, 0.3) is 0 Å². The summed E-state index contributed by atoms with van der Waals surface area (Å²) in [5, 5.41) is 3.84. The van der Waals surface area contributed by atoms with Crippen molar-refractivity contribution in [3.8, 4) is 22.3 Å². The molecule has 2 nitrogen and oxygen atoms in total. The predicted molar refractivity (Wildman–Crippen MR) is 175 cm³/mol. The summed E-state index contributed by atoms with van der Waals surface area (Å²) in [4.78, 5) is 0. The first-order chi connectivity index (χ1) is 20.0. The third kappa shape index (κ3) is 4.32. The van der Waals surface area contributed by atoms with Crippen LogP contribution >= 0.6 is 7.29 Å². The fourth-order valence-electron chi connectivity index (χ4n) is 5.80. The van der Waals surface area contributed by atoms with Crippen LogP contribution in [0.4, 0.5) is 0 Å². The molecule has 0 atom stereocenters. The van der Waals surface area contributed by atoms with Gasteiger partial charge in [-0.3, -0.25) is 8.90 Å². The van der Waals surface area contributed by atoms with Crippen molar-refractivity contribution in [3.05, 3.63) is 157 Å². The number of aromatic nitrogens is 1. The molecule has 41 heavy (non-hydrogen) atoms. The fraction of sp³-hybridized carbons (Fsp3) is 0.0526. The van der Waals surface area contributed by atoms with E-state index in [1.165, 1.54) is 0 Å². The van der Waals surface area contributed by atoms with Crippen LogP contribution in [0.3, 0.4) is 0 Å². The Bertz CT molecular complexity index is 1910. The number of hydrogen-bond acceptors (Lipinski definition) is 1. The zero-order valence-corrected chi connectivity index (χ0v) is 24.1. The maximum absolute atomic E-state index is 15.8. The van der Waals surface area contributed by atoms with Crippen LogP contribution in [0.5, 0.6) is 0 Å². The minimum absolute atomic E-state index is 0.824. The van der Waals surface area contributed by atoms with E-state index in [0.717, 1.165) is 65.8 Å². The van der Waals surface area contributed by atoms with Crippen molar-refractivity contribution in [1.29, 1.82) is 0 Å². The van der Waals surface area contributed by atoms with Crippen LogP contribution in [-0.2, 0) is 4.57 Å². The van der Waals surface area contributed by atoms with Gasteiger partial charge in [-0.15, -0.1) is 0 Å². The Morgan fingerprint density at radius 3 is 1.22 bits per heavy atom. The molecule has 7 rings (SSSR count). The number of hydrogen-bond donors (Lipinski definition) is 0. The van der Waals surface area contributed by atoms with Crippen LogP contribution in [0.2, 0.25) is 0 Å². The smallest absolute Gasteiger partial charge is 0.234 e. The fourth-order valence-corrected chi connectivity index (χ4v) is 8.62. The lowest BCUT2D eigenvalue weighted by molar-refractivity contribution is 0.583. The first-order valence-electron chi connectivity index (χ1n) is 14.0. The van der Waals surface area contributed by atoms with Crippen molar-refractivity contribution >= 4 is 39.7 Å². The van der Waals surface area contributed by atoms with Crippen LogP contribution in [0.25, 0.3) is 44.1 Å². The van der Waals surface area contributed by atoms with Crippen LogP contribution in [0, 0.1) is 13.8 Å². The van der Waals surface area contributed by atoms with Crippen molar-refractivity contribution in [2.24, 2.45) is 0 Å². The zero-order chi connectivity index (χ0) is 28.0. The first kappa shape index (κ1) is 25.3. The molecule has 198 valence electrons. The minimum atomic E-state index is -3.32. The van der Waals surface area contributed by atoms with E-state index in [2.05, 4.69) is 127 Å². The van der Waals surface area contributed by atoms with E-state index in [0.29, 0.717) is 0 Å². The minimum Gasteiger partial charge on any atom is -0.290 e. The molecule has 0 saturated heterocycles. The number of nitrogens with zero attached hydrogens (tertiary/aromatic N) is 1. The van der Waals surface area contributed by atoms with Crippen molar-refractivity contribution in [3.63, 3.8) is 0 Å². The molecule has 3 heteroatoms. The van der Waals surface area contributed by atoms with Gasteiger partial charge in [0.05, 0.1) is 11.0 Å². The molecule has 0 unspecified atom stereocenters. The molecule has 0 amide bonds. The van der Waals surface area contributed by atoms with E-state index in [9.17, 15) is 0 Å². The quantitative estimate of drug-likeness (QED) is 0.197. The van der Waals surface area contributed by atoms with Crippen LogP contribution < -0.4 is 10.6 Å². The molecular weight excluding hydrogens is 517 g/mol. The van der Waals surface area contributed by atoms with E-state index in [1.807, 2.05) is 36.4 Å². The van der Waals surface area contributed by atoms with E-state index < -0.39 is 7.29 Å². The Morgan fingerprint density at radius 2 is 0.829 bits per heavy atom. The van der Waals surface area contributed by atoms with Gasteiger partial charge in [-0.1, -0.05) is 108 Å². The molecule has 0 aliphatic rings. The van der Waals surface area contributed by atoms with Gasteiger partial charge in [-0.2, -0.15) is 0 Å². The second-order valence-electron chi connectivity index (χ2n) is 10.8. The van der Waals surface area contributed by atoms with Crippen LogP contribution in [0.15, 0.2) is 146 Å². The lowest BCUT2D eigenvalue weighted by Gasteiger charge is -2.24. The summed E-state index contributed by atoms with van der Waals surface area (Å²) < 4.78 is 17.9. The Kier molecular flexibility index (Phi) is 6.22. The monoisotopic (exact) mass is 547 g/mol.